The van der Waals surface area contributed by atoms with Crippen LogP contribution in [0, 0.1) is 10.1 Å². The number of nitrogens with zero attached hydrogens (tertiary/aromatic N) is 2. The Kier molecular flexibility index (Phi) is 4.53. The molecule has 1 aromatic heterocycles. The molecule has 9 heteroatoms. The molecular formula is C11H7Cl2N3O3S. The number of carbonyl (C=O) groups excluding carboxylic acids is 1. The fourth-order valence-electron chi connectivity index (χ4n) is 1.44. The molecule has 6 nitrogen and oxygen atoms in total. The van der Waals surface area contributed by atoms with Crippen molar-refractivity contribution in [2.75, 3.05) is 0 Å². The standard InChI is InChI=1S/C11H7Cl2N3O3S/c12-8-4-6(16(18)19)3-7(10(8)13)11(17)15-5-9-14-1-2-20-9/h1-4H,5H2,(H,15,17). The Morgan fingerprint density at radius 1 is 1.45 bits per heavy atom. The van der Waals surface area contributed by atoms with E-state index in [4.69, 9.17) is 23.2 Å². The molecular weight excluding hydrogens is 325 g/mol. The van der Waals surface area contributed by atoms with E-state index < -0.39 is 10.8 Å². The van der Waals surface area contributed by atoms with Crippen LogP contribution in [0.2, 0.25) is 10.0 Å². The molecule has 1 N–H and O–H groups in total. The molecule has 0 aliphatic rings. The molecule has 0 fully saturated rings. The minimum Gasteiger partial charge on any atom is -0.345 e. The zero-order valence-corrected chi connectivity index (χ0v) is 12.1. The number of nitrogens with one attached hydrogen (secondary N) is 1. The van der Waals surface area contributed by atoms with Gasteiger partial charge < -0.3 is 5.32 Å². The fraction of sp³-hybridized carbons (Fsp3) is 0.0909. The van der Waals surface area contributed by atoms with Gasteiger partial charge in [-0.15, -0.1) is 11.3 Å². The van der Waals surface area contributed by atoms with Crippen molar-refractivity contribution >= 4 is 46.1 Å². The van der Waals surface area contributed by atoms with Crippen molar-refractivity contribution in [1.29, 1.82) is 0 Å². The third kappa shape index (κ3) is 3.24. The highest BCUT2D eigenvalue weighted by atomic mass is 35.5. The Balaban J connectivity index is 2.22. The molecule has 0 radical (unpaired) electrons. The largest absolute Gasteiger partial charge is 0.345 e. The van der Waals surface area contributed by atoms with Gasteiger partial charge in [-0.2, -0.15) is 0 Å². The average molecular weight is 332 g/mol. The number of amides is 1. The Labute approximate surface area is 127 Å². The summed E-state index contributed by atoms with van der Waals surface area (Å²) in [5.74, 6) is -0.546. The van der Waals surface area contributed by atoms with E-state index in [1.54, 1.807) is 11.6 Å². The second-order valence-corrected chi connectivity index (χ2v) is 5.42. The lowest BCUT2D eigenvalue weighted by atomic mass is 10.2. The van der Waals surface area contributed by atoms with Crippen LogP contribution in [-0.4, -0.2) is 15.8 Å². The van der Waals surface area contributed by atoms with Crippen LogP contribution in [0.4, 0.5) is 5.69 Å². The predicted molar refractivity (Wildman–Crippen MR) is 76.4 cm³/mol. The molecule has 0 saturated heterocycles. The number of hydrogen-bond acceptors (Lipinski definition) is 5. The Bertz CT molecular complexity index is 661. The second-order valence-electron chi connectivity index (χ2n) is 3.65. The van der Waals surface area contributed by atoms with Crippen molar-refractivity contribution in [2.24, 2.45) is 0 Å². The van der Waals surface area contributed by atoms with Crippen molar-refractivity contribution in [3.63, 3.8) is 0 Å². The van der Waals surface area contributed by atoms with Crippen molar-refractivity contribution < 1.29 is 9.72 Å². The molecule has 104 valence electrons. The number of halogens is 2. The van der Waals surface area contributed by atoms with E-state index in [0.717, 1.165) is 12.1 Å². The van der Waals surface area contributed by atoms with Gasteiger partial charge in [0.25, 0.3) is 11.6 Å². The molecule has 1 heterocycles. The van der Waals surface area contributed by atoms with Crippen LogP contribution >= 0.6 is 34.5 Å². The van der Waals surface area contributed by atoms with Gasteiger partial charge >= 0.3 is 0 Å². The van der Waals surface area contributed by atoms with E-state index in [1.165, 1.54) is 11.3 Å². The molecule has 0 saturated carbocycles. The van der Waals surface area contributed by atoms with Crippen LogP contribution in [0.15, 0.2) is 23.7 Å². The Morgan fingerprint density at radius 3 is 2.80 bits per heavy atom. The third-order valence-corrected chi connectivity index (χ3v) is 3.93. The normalized spacial score (nSPS) is 10.3. The van der Waals surface area contributed by atoms with E-state index in [0.29, 0.717) is 5.01 Å². The highest BCUT2D eigenvalue weighted by Gasteiger charge is 2.19. The number of nitro benzene ring substituents is 1. The van der Waals surface area contributed by atoms with Gasteiger partial charge in [0.05, 0.1) is 27.1 Å². The maximum Gasteiger partial charge on any atom is 0.271 e. The van der Waals surface area contributed by atoms with Gasteiger partial charge in [0, 0.05) is 23.7 Å². The number of nitro groups is 1. The summed E-state index contributed by atoms with van der Waals surface area (Å²) in [5.41, 5.74) is -0.332. The number of non-ortho nitro benzene ring substituents is 1. The lowest BCUT2D eigenvalue weighted by Gasteiger charge is -2.06. The lowest BCUT2D eigenvalue weighted by Crippen LogP contribution is -2.23. The minimum atomic E-state index is -0.639. The fourth-order valence-corrected chi connectivity index (χ4v) is 2.40. The zero-order valence-electron chi connectivity index (χ0n) is 9.80. The predicted octanol–water partition coefficient (Wildman–Crippen LogP) is 3.29. The van der Waals surface area contributed by atoms with Gasteiger partial charge in [-0.3, -0.25) is 14.9 Å². The van der Waals surface area contributed by atoms with Crippen molar-refractivity contribution in [1.82, 2.24) is 10.3 Å². The summed E-state index contributed by atoms with van der Waals surface area (Å²) < 4.78 is 0. The molecule has 0 unspecified atom stereocenters. The number of carbonyl (C=O) groups is 1. The van der Waals surface area contributed by atoms with Crippen molar-refractivity contribution in [3.8, 4) is 0 Å². The number of hydrogen-bond donors (Lipinski definition) is 1. The minimum absolute atomic E-state index is 0.0195. The molecule has 0 bridgehead atoms. The van der Waals surface area contributed by atoms with Gasteiger partial charge in [-0.25, -0.2) is 4.98 Å². The second kappa shape index (κ2) is 6.17. The number of rotatable bonds is 4. The highest BCUT2D eigenvalue weighted by molar-refractivity contribution is 7.09. The van der Waals surface area contributed by atoms with Gasteiger partial charge in [-0.05, 0) is 0 Å². The molecule has 0 spiro atoms. The monoisotopic (exact) mass is 331 g/mol. The molecule has 0 aliphatic heterocycles. The topological polar surface area (TPSA) is 85.1 Å². The quantitative estimate of drug-likeness (QED) is 0.688. The van der Waals surface area contributed by atoms with E-state index in [2.05, 4.69) is 10.3 Å². The summed E-state index contributed by atoms with van der Waals surface area (Å²) in [6.07, 6.45) is 1.61. The van der Waals surface area contributed by atoms with Crippen LogP contribution in [0.3, 0.4) is 0 Å². The van der Waals surface area contributed by atoms with Gasteiger partial charge in [-0.1, -0.05) is 23.2 Å². The first-order valence-corrected chi connectivity index (χ1v) is 6.92. The number of aromatic nitrogens is 1. The zero-order chi connectivity index (χ0) is 14.7. The maximum atomic E-state index is 12.0. The van der Waals surface area contributed by atoms with Gasteiger partial charge in [0.1, 0.15) is 5.01 Å². The third-order valence-electron chi connectivity index (χ3n) is 2.35. The molecule has 1 amide bonds. The lowest BCUT2D eigenvalue weighted by molar-refractivity contribution is -0.384. The molecule has 2 aromatic rings. The Hall–Kier alpha value is -1.70. The van der Waals surface area contributed by atoms with Crippen molar-refractivity contribution in [3.05, 3.63) is 54.4 Å². The molecule has 20 heavy (non-hydrogen) atoms. The van der Waals surface area contributed by atoms with E-state index in [9.17, 15) is 14.9 Å². The summed E-state index contributed by atoms with van der Waals surface area (Å²) in [4.78, 5) is 26.1. The first kappa shape index (κ1) is 14.7. The van der Waals surface area contributed by atoms with E-state index >= 15 is 0 Å². The van der Waals surface area contributed by atoms with E-state index in [-0.39, 0.29) is 27.8 Å². The summed E-state index contributed by atoms with van der Waals surface area (Å²) in [6, 6.07) is 2.19. The number of benzene rings is 1. The Morgan fingerprint density at radius 2 is 2.20 bits per heavy atom. The van der Waals surface area contributed by atoms with Gasteiger partial charge in [0.2, 0.25) is 0 Å². The van der Waals surface area contributed by atoms with Crippen LogP contribution < -0.4 is 5.32 Å². The molecule has 2 rings (SSSR count). The van der Waals surface area contributed by atoms with Crippen molar-refractivity contribution in [2.45, 2.75) is 6.54 Å². The van der Waals surface area contributed by atoms with Gasteiger partial charge in [0.15, 0.2) is 0 Å². The smallest absolute Gasteiger partial charge is 0.271 e. The summed E-state index contributed by atoms with van der Waals surface area (Å²) >= 11 is 13.1. The first-order valence-electron chi connectivity index (χ1n) is 5.29. The average Bonchev–Trinajstić information content (AvgIpc) is 2.92. The molecule has 1 aromatic carbocycles. The van der Waals surface area contributed by atoms with Crippen LogP contribution in [0.1, 0.15) is 15.4 Å². The van der Waals surface area contributed by atoms with Crippen LogP contribution in [0.5, 0.6) is 0 Å². The molecule has 0 aliphatic carbocycles. The highest BCUT2D eigenvalue weighted by Crippen LogP contribution is 2.30. The SMILES string of the molecule is O=C(NCc1nccs1)c1cc([N+](=O)[O-])cc(Cl)c1Cl. The summed E-state index contributed by atoms with van der Waals surface area (Å²) in [6.45, 7) is 0.215. The van der Waals surface area contributed by atoms with Crippen LogP contribution in [-0.2, 0) is 6.54 Å². The maximum absolute atomic E-state index is 12.0. The summed E-state index contributed by atoms with van der Waals surface area (Å²) in [7, 11) is 0. The molecule has 0 atom stereocenters. The van der Waals surface area contributed by atoms with Crippen LogP contribution in [0.25, 0.3) is 0 Å². The summed E-state index contributed by atoms with van der Waals surface area (Å²) in [5, 5.41) is 15.8. The first-order chi connectivity index (χ1) is 9.49. The van der Waals surface area contributed by atoms with E-state index in [1.807, 2.05) is 0 Å². The number of thiazole rings is 1.